The number of Topliss-reactive ketones (excluding diaryl/α,β-unsaturated/α-hetero) is 1. The number of ketones is 1. The Bertz CT molecular complexity index is 563. The van der Waals surface area contributed by atoms with E-state index < -0.39 is 14.4 Å². The van der Waals surface area contributed by atoms with Crippen molar-refractivity contribution < 1.29 is 14.0 Å². The summed E-state index contributed by atoms with van der Waals surface area (Å²) < 4.78 is 13.1. The summed E-state index contributed by atoms with van der Waals surface area (Å²) >= 11 is 0. The highest BCUT2D eigenvalue weighted by atomic mass is 28.4. The molecule has 0 saturated heterocycles. The fourth-order valence-electron chi connectivity index (χ4n) is 3.76. The summed E-state index contributed by atoms with van der Waals surface area (Å²) in [6, 6.07) is 0. The summed E-state index contributed by atoms with van der Waals surface area (Å²) in [5.41, 5.74) is 2.51. The van der Waals surface area contributed by atoms with Crippen LogP contribution in [0.1, 0.15) is 68.2 Å². The molecule has 1 fully saturated rings. The van der Waals surface area contributed by atoms with Crippen LogP contribution in [-0.4, -0.2) is 31.9 Å². The minimum atomic E-state index is -2.04. The van der Waals surface area contributed by atoms with Crippen LogP contribution < -0.4 is 0 Å². The van der Waals surface area contributed by atoms with Gasteiger partial charge in [0.05, 0.1) is 11.7 Å². The van der Waals surface area contributed by atoms with E-state index in [-0.39, 0.29) is 34.4 Å². The van der Waals surface area contributed by atoms with E-state index in [1.807, 2.05) is 0 Å². The van der Waals surface area contributed by atoms with E-state index in [9.17, 15) is 4.79 Å². The highest BCUT2D eigenvalue weighted by molar-refractivity contribution is 6.74. The number of hydrogen-bond donors (Lipinski definition) is 0. The van der Waals surface area contributed by atoms with Gasteiger partial charge in [0.2, 0.25) is 0 Å². The molecule has 2 unspecified atom stereocenters. The van der Waals surface area contributed by atoms with Gasteiger partial charge >= 0.3 is 0 Å². The van der Waals surface area contributed by atoms with Crippen LogP contribution >= 0.6 is 0 Å². The Morgan fingerprint density at radius 3 is 1.96 bits per heavy atom. The van der Waals surface area contributed by atoms with Gasteiger partial charge in [0.1, 0.15) is 6.10 Å². The van der Waals surface area contributed by atoms with Crippen molar-refractivity contribution in [2.24, 2.45) is 11.8 Å². The van der Waals surface area contributed by atoms with Gasteiger partial charge in [0, 0.05) is 11.8 Å². The van der Waals surface area contributed by atoms with E-state index in [1.165, 1.54) is 11.1 Å². The summed E-state index contributed by atoms with van der Waals surface area (Å²) in [4.78, 5) is 13.3. The zero-order chi connectivity index (χ0) is 19.4. The van der Waals surface area contributed by atoms with Crippen LogP contribution in [0.3, 0.4) is 0 Å². The minimum Gasteiger partial charge on any atom is -0.404 e. The van der Waals surface area contributed by atoms with Crippen LogP contribution in [0, 0.1) is 11.8 Å². The van der Waals surface area contributed by atoms with Gasteiger partial charge in [-0.05, 0) is 65.6 Å². The molecule has 4 atom stereocenters. The number of carbonyl (C=O) groups is 1. The Labute approximate surface area is 155 Å². The number of fused-ring (bicyclic) bond motifs is 1. The molecule has 0 aromatic heterocycles. The molecule has 4 heteroatoms. The van der Waals surface area contributed by atoms with Crippen molar-refractivity contribution in [2.45, 2.75) is 104 Å². The van der Waals surface area contributed by atoms with Gasteiger partial charge in [0.15, 0.2) is 14.1 Å². The molecule has 0 aromatic carbocycles. The standard InChI is InChI=1S/C21H38O3Si/c1-13-11-15-16(12-14(13)2)18(23-20(3,4)5)19(17(15)22)24-25(9,10)21(6,7)8/h15-16,18-19H,11-12H2,1-10H3/t15?,16?,18-,19-/m1/s1. The number of hydrogen-bond acceptors (Lipinski definition) is 3. The predicted molar refractivity (Wildman–Crippen MR) is 106 cm³/mol. The molecular formula is C21H38O3Si. The molecular weight excluding hydrogens is 328 g/mol. The first-order chi connectivity index (χ1) is 11.1. The molecule has 3 nitrogen and oxygen atoms in total. The third kappa shape index (κ3) is 4.28. The second kappa shape index (κ2) is 6.61. The van der Waals surface area contributed by atoms with Crippen molar-refractivity contribution in [2.75, 3.05) is 0 Å². The lowest BCUT2D eigenvalue weighted by atomic mass is 9.77. The Balaban J connectivity index is 2.36. The van der Waals surface area contributed by atoms with Crippen LogP contribution in [-0.2, 0) is 14.0 Å². The van der Waals surface area contributed by atoms with Crippen molar-refractivity contribution in [1.82, 2.24) is 0 Å². The quantitative estimate of drug-likeness (QED) is 0.488. The van der Waals surface area contributed by atoms with Gasteiger partial charge in [-0.2, -0.15) is 0 Å². The number of allylic oxidation sites excluding steroid dienone is 2. The molecule has 0 spiro atoms. The zero-order valence-corrected chi connectivity index (χ0v) is 18.9. The van der Waals surface area contributed by atoms with Gasteiger partial charge < -0.3 is 9.16 Å². The predicted octanol–water partition coefficient (Wildman–Crippen LogP) is 5.51. The normalized spacial score (nSPS) is 31.5. The summed E-state index contributed by atoms with van der Waals surface area (Å²) in [5, 5.41) is 0.0808. The summed E-state index contributed by atoms with van der Waals surface area (Å²) in [6.45, 7) is 21.7. The molecule has 0 heterocycles. The maximum absolute atomic E-state index is 13.3. The van der Waals surface area contributed by atoms with Crippen molar-refractivity contribution >= 4 is 14.1 Å². The van der Waals surface area contributed by atoms with Crippen molar-refractivity contribution in [3.63, 3.8) is 0 Å². The fraction of sp³-hybridized carbons (Fsp3) is 0.857. The van der Waals surface area contributed by atoms with E-state index in [4.69, 9.17) is 9.16 Å². The Morgan fingerprint density at radius 1 is 0.960 bits per heavy atom. The zero-order valence-electron chi connectivity index (χ0n) is 17.9. The Morgan fingerprint density at radius 2 is 1.48 bits per heavy atom. The lowest BCUT2D eigenvalue weighted by Gasteiger charge is -2.41. The first-order valence-electron chi connectivity index (χ1n) is 9.68. The molecule has 2 aliphatic rings. The molecule has 0 amide bonds. The molecule has 25 heavy (non-hydrogen) atoms. The van der Waals surface area contributed by atoms with Gasteiger partial charge in [0.25, 0.3) is 0 Å². The van der Waals surface area contributed by atoms with Crippen molar-refractivity contribution in [3.05, 3.63) is 11.1 Å². The first kappa shape index (κ1) is 20.9. The average Bonchev–Trinajstić information content (AvgIpc) is 2.62. The van der Waals surface area contributed by atoms with Gasteiger partial charge in [-0.15, -0.1) is 0 Å². The topological polar surface area (TPSA) is 35.5 Å². The van der Waals surface area contributed by atoms with Crippen LogP contribution in [0.4, 0.5) is 0 Å². The van der Waals surface area contributed by atoms with E-state index in [2.05, 4.69) is 68.5 Å². The van der Waals surface area contributed by atoms with Crippen molar-refractivity contribution in [1.29, 1.82) is 0 Å². The lowest BCUT2D eigenvalue weighted by molar-refractivity contribution is -0.136. The second-order valence-electron chi connectivity index (χ2n) is 10.6. The first-order valence-corrected chi connectivity index (χ1v) is 12.6. The van der Waals surface area contributed by atoms with Gasteiger partial charge in [-0.3, -0.25) is 4.79 Å². The summed E-state index contributed by atoms with van der Waals surface area (Å²) in [5.74, 6) is 0.590. The molecule has 144 valence electrons. The number of rotatable bonds is 3. The minimum absolute atomic E-state index is 0.0609. The SMILES string of the molecule is CC1=C(C)CC2C(C1)C(=O)[C@@H](O[Si](C)(C)C(C)(C)C)[C@@H]2OC(C)(C)C. The van der Waals surface area contributed by atoms with E-state index in [0.717, 1.165) is 12.8 Å². The third-order valence-electron chi connectivity index (χ3n) is 6.40. The second-order valence-corrected chi connectivity index (χ2v) is 15.4. The molecule has 0 radical (unpaired) electrons. The molecule has 0 bridgehead atoms. The maximum Gasteiger partial charge on any atom is 0.193 e. The summed E-state index contributed by atoms with van der Waals surface area (Å²) in [7, 11) is -2.04. The van der Waals surface area contributed by atoms with Crippen LogP contribution in [0.5, 0.6) is 0 Å². The van der Waals surface area contributed by atoms with Gasteiger partial charge in [-0.1, -0.05) is 31.9 Å². The van der Waals surface area contributed by atoms with Gasteiger partial charge in [-0.25, -0.2) is 0 Å². The van der Waals surface area contributed by atoms with Crippen molar-refractivity contribution in [3.8, 4) is 0 Å². The highest BCUT2D eigenvalue weighted by Gasteiger charge is 2.55. The number of ether oxygens (including phenoxy) is 1. The maximum atomic E-state index is 13.3. The fourth-order valence-corrected chi connectivity index (χ4v) is 5.00. The molecule has 2 aliphatic carbocycles. The Hall–Kier alpha value is -0.453. The molecule has 0 N–H and O–H groups in total. The van der Waals surface area contributed by atoms with Crippen LogP contribution in [0.15, 0.2) is 11.1 Å². The Kier molecular flexibility index (Phi) is 5.52. The molecule has 2 rings (SSSR count). The largest absolute Gasteiger partial charge is 0.404 e. The summed E-state index contributed by atoms with van der Waals surface area (Å²) in [6.07, 6.45) is 1.29. The monoisotopic (exact) mass is 366 g/mol. The third-order valence-corrected chi connectivity index (χ3v) is 10.9. The smallest absolute Gasteiger partial charge is 0.193 e. The number of carbonyl (C=O) groups excluding carboxylic acids is 1. The van der Waals surface area contributed by atoms with Crippen LogP contribution in [0.25, 0.3) is 0 Å². The molecule has 0 aliphatic heterocycles. The lowest BCUT2D eigenvalue weighted by Crippen LogP contribution is -2.49. The molecule has 1 saturated carbocycles. The van der Waals surface area contributed by atoms with Crippen LogP contribution in [0.2, 0.25) is 18.1 Å². The highest BCUT2D eigenvalue weighted by Crippen LogP contribution is 2.48. The average molecular weight is 367 g/mol. The van der Waals surface area contributed by atoms with E-state index in [0.29, 0.717) is 0 Å². The van der Waals surface area contributed by atoms with E-state index >= 15 is 0 Å². The molecule has 0 aromatic rings. The van der Waals surface area contributed by atoms with E-state index in [1.54, 1.807) is 0 Å².